The normalized spacial score (nSPS) is 17.5. The minimum absolute atomic E-state index is 0.0444. The zero-order valence-electron chi connectivity index (χ0n) is 10.5. The van der Waals surface area contributed by atoms with Gasteiger partial charge in [-0.2, -0.15) is 0 Å². The molecule has 0 spiro atoms. The van der Waals surface area contributed by atoms with Crippen LogP contribution in [0.5, 0.6) is 0 Å². The summed E-state index contributed by atoms with van der Waals surface area (Å²) in [5.74, 6) is 0.0497. The van der Waals surface area contributed by atoms with Crippen molar-refractivity contribution in [2.45, 2.75) is 37.7 Å². The maximum atomic E-state index is 11.6. The molecule has 0 aromatic heterocycles. The summed E-state index contributed by atoms with van der Waals surface area (Å²) in [6.45, 7) is 1.59. The summed E-state index contributed by atoms with van der Waals surface area (Å²) in [5.41, 5.74) is -0.197. The fourth-order valence-corrected chi connectivity index (χ4v) is 1.95. The summed E-state index contributed by atoms with van der Waals surface area (Å²) >= 11 is 0. The predicted octanol–water partition coefficient (Wildman–Crippen LogP) is 0.461. The lowest BCUT2D eigenvalue weighted by Crippen LogP contribution is -2.44. The van der Waals surface area contributed by atoms with Crippen molar-refractivity contribution in [1.29, 1.82) is 0 Å². The van der Waals surface area contributed by atoms with Crippen molar-refractivity contribution >= 4 is 5.91 Å². The summed E-state index contributed by atoms with van der Waals surface area (Å²) in [4.78, 5) is 11.6. The predicted molar refractivity (Wildman–Crippen MR) is 63.7 cm³/mol. The van der Waals surface area contributed by atoms with Crippen LogP contribution in [-0.4, -0.2) is 50.1 Å². The quantitative estimate of drug-likeness (QED) is 0.579. The van der Waals surface area contributed by atoms with Gasteiger partial charge in [0.2, 0.25) is 5.91 Å². The van der Waals surface area contributed by atoms with Gasteiger partial charge in [-0.1, -0.05) is 0 Å². The number of carbonyl (C=O) groups is 1. The molecule has 1 fully saturated rings. The third kappa shape index (κ3) is 5.02. The lowest BCUT2D eigenvalue weighted by atomic mass is 9.77. The molecule has 0 aliphatic heterocycles. The highest BCUT2D eigenvalue weighted by atomic mass is 16.5. The van der Waals surface area contributed by atoms with Gasteiger partial charge in [-0.05, 0) is 25.7 Å². The van der Waals surface area contributed by atoms with E-state index in [1.54, 1.807) is 7.11 Å². The van der Waals surface area contributed by atoms with Crippen LogP contribution in [-0.2, 0) is 14.3 Å². The number of amides is 1. The van der Waals surface area contributed by atoms with Gasteiger partial charge in [0.05, 0.1) is 25.2 Å². The maximum absolute atomic E-state index is 11.6. The van der Waals surface area contributed by atoms with Crippen molar-refractivity contribution in [2.24, 2.45) is 0 Å². The van der Waals surface area contributed by atoms with E-state index in [1.807, 2.05) is 0 Å². The van der Waals surface area contributed by atoms with Crippen molar-refractivity contribution in [3.05, 3.63) is 0 Å². The van der Waals surface area contributed by atoms with Crippen molar-refractivity contribution in [3.63, 3.8) is 0 Å². The van der Waals surface area contributed by atoms with E-state index in [9.17, 15) is 4.79 Å². The average Bonchev–Trinajstić information content (AvgIpc) is 2.28. The van der Waals surface area contributed by atoms with Crippen LogP contribution in [0, 0.1) is 0 Å². The zero-order valence-corrected chi connectivity index (χ0v) is 10.5. The Balaban J connectivity index is 2.01. The van der Waals surface area contributed by atoms with E-state index in [1.165, 1.54) is 0 Å². The minimum Gasteiger partial charge on any atom is -0.394 e. The first-order chi connectivity index (χ1) is 8.22. The topological polar surface area (TPSA) is 67.8 Å². The van der Waals surface area contributed by atoms with Crippen LogP contribution >= 0.6 is 0 Å². The van der Waals surface area contributed by atoms with E-state index in [2.05, 4.69) is 5.32 Å². The maximum Gasteiger partial charge on any atom is 0.222 e. The largest absolute Gasteiger partial charge is 0.394 e. The highest BCUT2D eigenvalue weighted by molar-refractivity contribution is 5.77. The van der Waals surface area contributed by atoms with Gasteiger partial charge in [0.1, 0.15) is 0 Å². The molecule has 0 heterocycles. The molecule has 2 N–H and O–H groups in total. The Morgan fingerprint density at radius 3 is 2.71 bits per heavy atom. The van der Waals surface area contributed by atoms with Crippen LogP contribution in [0.25, 0.3) is 0 Å². The van der Waals surface area contributed by atoms with Crippen molar-refractivity contribution < 1.29 is 19.4 Å². The molecule has 0 aromatic carbocycles. The van der Waals surface area contributed by atoms with Crippen LogP contribution < -0.4 is 5.32 Å². The molecule has 0 unspecified atom stereocenters. The Morgan fingerprint density at radius 2 is 2.18 bits per heavy atom. The molecule has 1 rings (SSSR count). The fourth-order valence-electron chi connectivity index (χ4n) is 1.95. The molecule has 1 aliphatic carbocycles. The molecule has 5 heteroatoms. The van der Waals surface area contributed by atoms with Crippen molar-refractivity contribution in [1.82, 2.24) is 5.32 Å². The van der Waals surface area contributed by atoms with Crippen LogP contribution in [0.2, 0.25) is 0 Å². The molecule has 0 atom stereocenters. The van der Waals surface area contributed by atoms with Gasteiger partial charge in [-0.25, -0.2) is 0 Å². The van der Waals surface area contributed by atoms with Crippen LogP contribution in [0.1, 0.15) is 32.1 Å². The average molecular weight is 245 g/mol. The molecule has 1 amide bonds. The Morgan fingerprint density at radius 1 is 1.41 bits per heavy atom. The summed E-state index contributed by atoms with van der Waals surface area (Å²) in [5, 5.41) is 11.3. The van der Waals surface area contributed by atoms with Crippen LogP contribution in [0.3, 0.4) is 0 Å². The van der Waals surface area contributed by atoms with Crippen LogP contribution in [0.4, 0.5) is 0 Å². The smallest absolute Gasteiger partial charge is 0.222 e. The monoisotopic (exact) mass is 245 g/mol. The molecule has 100 valence electrons. The van der Waals surface area contributed by atoms with Gasteiger partial charge in [-0.3, -0.25) is 4.79 Å². The molecule has 0 saturated heterocycles. The van der Waals surface area contributed by atoms with E-state index in [0.717, 1.165) is 25.7 Å². The number of aliphatic hydroxyl groups excluding tert-OH is 1. The van der Waals surface area contributed by atoms with Gasteiger partial charge < -0.3 is 19.9 Å². The van der Waals surface area contributed by atoms with E-state index < -0.39 is 0 Å². The number of ether oxygens (including phenoxy) is 2. The van der Waals surface area contributed by atoms with Gasteiger partial charge >= 0.3 is 0 Å². The number of nitrogens with one attached hydrogen (secondary N) is 1. The minimum atomic E-state index is -0.197. The Hall–Kier alpha value is -0.650. The first-order valence-corrected chi connectivity index (χ1v) is 6.23. The first kappa shape index (κ1) is 14.4. The SMILES string of the molecule is COC1(CC(=O)NCCCOCCO)CCC1. The van der Waals surface area contributed by atoms with E-state index in [0.29, 0.717) is 26.2 Å². The summed E-state index contributed by atoms with van der Waals surface area (Å²) in [6.07, 6.45) is 4.34. The molecule has 1 saturated carbocycles. The van der Waals surface area contributed by atoms with E-state index >= 15 is 0 Å². The van der Waals surface area contributed by atoms with E-state index in [4.69, 9.17) is 14.6 Å². The molecule has 0 aromatic rings. The molecule has 1 aliphatic rings. The van der Waals surface area contributed by atoms with Crippen molar-refractivity contribution in [2.75, 3.05) is 33.5 Å². The first-order valence-electron chi connectivity index (χ1n) is 6.23. The van der Waals surface area contributed by atoms with Gasteiger partial charge in [0.15, 0.2) is 0 Å². The lowest BCUT2D eigenvalue weighted by molar-refractivity contribution is -0.134. The van der Waals surface area contributed by atoms with Crippen LogP contribution in [0.15, 0.2) is 0 Å². The highest BCUT2D eigenvalue weighted by Crippen LogP contribution is 2.37. The zero-order chi connectivity index (χ0) is 12.6. The Bertz CT molecular complexity index is 223. The molecular weight excluding hydrogens is 222 g/mol. The lowest BCUT2D eigenvalue weighted by Gasteiger charge is -2.39. The summed E-state index contributed by atoms with van der Waals surface area (Å²) < 4.78 is 10.5. The standard InChI is InChI=1S/C12H23NO4/c1-16-12(4-2-5-12)10-11(15)13-6-3-8-17-9-7-14/h14H,2-10H2,1H3,(H,13,15). The molecule has 5 nitrogen and oxygen atoms in total. The summed E-state index contributed by atoms with van der Waals surface area (Å²) in [7, 11) is 1.68. The number of methoxy groups -OCH3 is 1. The molecular formula is C12H23NO4. The second-order valence-corrected chi connectivity index (χ2v) is 4.46. The second kappa shape index (κ2) is 7.63. The third-order valence-electron chi connectivity index (χ3n) is 3.20. The molecule has 0 radical (unpaired) electrons. The van der Waals surface area contributed by atoms with E-state index in [-0.39, 0.29) is 18.1 Å². The molecule has 17 heavy (non-hydrogen) atoms. The van der Waals surface area contributed by atoms with Gasteiger partial charge in [0, 0.05) is 20.3 Å². The summed E-state index contributed by atoms with van der Waals surface area (Å²) in [6, 6.07) is 0. The number of hydrogen-bond acceptors (Lipinski definition) is 4. The highest BCUT2D eigenvalue weighted by Gasteiger charge is 2.38. The molecule has 0 bridgehead atoms. The number of hydrogen-bond donors (Lipinski definition) is 2. The number of rotatable bonds is 9. The number of carbonyl (C=O) groups excluding carboxylic acids is 1. The number of aliphatic hydroxyl groups is 1. The van der Waals surface area contributed by atoms with Gasteiger partial charge in [-0.15, -0.1) is 0 Å². The Kier molecular flexibility index (Phi) is 6.47. The third-order valence-corrected chi connectivity index (χ3v) is 3.20. The second-order valence-electron chi connectivity index (χ2n) is 4.46. The fraction of sp³-hybridized carbons (Fsp3) is 0.917. The van der Waals surface area contributed by atoms with Crippen molar-refractivity contribution in [3.8, 4) is 0 Å². The van der Waals surface area contributed by atoms with Gasteiger partial charge in [0.25, 0.3) is 0 Å². The Labute approximate surface area is 102 Å².